The molecular weight excluding hydrogens is 216 g/mol. The fourth-order valence-electron chi connectivity index (χ4n) is 1.83. The predicted molar refractivity (Wildman–Crippen MR) is 69.5 cm³/mol. The van der Waals surface area contributed by atoms with Gasteiger partial charge in [-0.1, -0.05) is 36.4 Å². The lowest BCUT2D eigenvalue weighted by Gasteiger charge is -2.22. The van der Waals surface area contributed by atoms with Crippen molar-refractivity contribution in [3.63, 3.8) is 0 Å². The van der Waals surface area contributed by atoms with Crippen LogP contribution < -0.4 is 11.1 Å². The van der Waals surface area contributed by atoms with Crippen molar-refractivity contribution in [2.24, 2.45) is 5.73 Å². The molecule has 2 atom stereocenters. The van der Waals surface area contributed by atoms with Crippen LogP contribution in [0.15, 0.2) is 47.8 Å². The van der Waals surface area contributed by atoms with E-state index in [4.69, 9.17) is 5.73 Å². The van der Waals surface area contributed by atoms with Crippen LogP contribution in [0.25, 0.3) is 0 Å². The summed E-state index contributed by atoms with van der Waals surface area (Å²) in [5.41, 5.74) is 7.45. The van der Waals surface area contributed by atoms with E-state index in [1.54, 1.807) is 11.3 Å². The Morgan fingerprint density at radius 3 is 2.44 bits per heavy atom. The largest absolute Gasteiger partial charge is 0.322 e. The number of nitrogens with two attached hydrogens (primary N) is 1. The van der Waals surface area contributed by atoms with Crippen molar-refractivity contribution in [3.8, 4) is 0 Å². The quantitative estimate of drug-likeness (QED) is 0.850. The van der Waals surface area contributed by atoms with Crippen LogP contribution in [0.3, 0.4) is 0 Å². The Morgan fingerprint density at radius 1 is 1.12 bits per heavy atom. The fourth-order valence-corrected chi connectivity index (χ4v) is 2.72. The summed E-state index contributed by atoms with van der Waals surface area (Å²) in [5, 5.41) is 5.37. The van der Waals surface area contributed by atoms with Crippen molar-refractivity contribution in [1.82, 2.24) is 5.32 Å². The van der Waals surface area contributed by atoms with Gasteiger partial charge in [0.25, 0.3) is 0 Å². The van der Waals surface area contributed by atoms with E-state index in [9.17, 15) is 0 Å². The van der Waals surface area contributed by atoms with E-state index < -0.39 is 0 Å². The lowest BCUT2D eigenvalue weighted by Crippen LogP contribution is -2.28. The zero-order valence-corrected chi connectivity index (χ0v) is 10.1. The van der Waals surface area contributed by atoms with Crippen LogP contribution in [0.5, 0.6) is 0 Å². The Morgan fingerprint density at radius 2 is 1.88 bits per heavy atom. The summed E-state index contributed by atoms with van der Waals surface area (Å²) >= 11 is 1.74. The molecule has 3 N–H and O–H groups in total. The number of hydrogen-bond acceptors (Lipinski definition) is 3. The van der Waals surface area contributed by atoms with Crippen molar-refractivity contribution in [2.45, 2.75) is 12.1 Å². The maximum Gasteiger partial charge on any atom is 0.0608 e. The molecule has 84 valence electrons. The van der Waals surface area contributed by atoms with Gasteiger partial charge in [-0.15, -0.1) is 11.3 Å². The minimum Gasteiger partial charge on any atom is -0.322 e. The maximum atomic E-state index is 6.29. The van der Waals surface area contributed by atoms with Gasteiger partial charge in [-0.25, -0.2) is 0 Å². The molecule has 2 rings (SSSR count). The summed E-state index contributed by atoms with van der Waals surface area (Å²) in [5.74, 6) is 0. The summed E-state index contributed by atoms with van der Waals surface area (Å²) in [6, 6.07) is 14.6. The van der Waals surface area contributed by atoms with E-state index >= 15 is 0 Å². The third kappa shape index (κ3) is 2.32. The van der Waals surface area contributed by atoms with Crippen LogP contribution in [0, 0.1) is 0 Å². The van der Waals surface area contributed by atoms with Gasteiger partial charge in [0, 0.05) is 4.88 Å². The Balaban J connectivity index is 2.23. The van der Waals surface area contributed by atoms with Gasteiger partial charge in [-0.2, -0.15) is 0 Å². The van der Waals surface area contributed by atoms with Crippen LogP contribution in [0.1, 0.15) is 22.5 Å². The van der Waals surface area contributed by atoms with Crippen LogP contribution in [-0.4, -0.2) is 7.05 Å². The van der Waals surface area contributed by atoms with E-state index in [0.717, 1.165) is 5.56 Å². The lowest BCUT2D eigenvalue weighted by atomic mass is 9.99. The number of hydrogen-bond donors (Lipinski definition) is 2. The Kier molecular flexibility index (Phi) is 3.72. The molecule has 2 aromatic rings. The summed E-state index contributed by atoms with van der Waals surface area (Å²) in [6.07, 6.45) is 0. The molecule has 0 spiro atoms. The molecule has 0 aliphatic rings. The Bertz CT molecular complexity index is 411. The van der Waals surface area contributed by atoms with Gasteiger partial charge >= 0.3 is 0 Å². The molecular formula is C13H16N2S. The second-order valence-electron chi connectivity index (χ2n) is 3.72. The molecule has 0 saturated carbocycles. The highest BCUT2D eigenvalue weighted by Gasteiger charge is 2.19. The molecule has 1 heterocycles. The second-order valence-corrected chi connectivity index (χ2v) is 4.70. The van der Waals surface area contributed by atoms with Gasteiger partial charge < -0.3 is 11.1 Å². The highest BCUT2D eigenvalue weighted by molar-refractivity contribution is 7.10. The third-order valence-corrected chi connectivity index (χ3v) is 3.66. The molecule has 0 aliphatic carbocycles. The first kappa shape index (κ1) is 11.3. The summed E-state index contributed by atoms with van der Waals surface area (Å²) < 4.78 is 0. The summed E-state index contributed by atoms with van der Waals surface area (Å²) in [6.45, 7) is 0. The minimum absolute atomic E-state index is 0.00940. The SMILES string of the molecule is CNC(c1cccs1)C(N)c1ccccc1. The van der Waals surface area contributed by atoms with Gasteiger partial charge in [-0.05, 0) is 24.1 Å². The molecule has 0 amide bonds. The van der Waals surface area contributed by atoms with Gasteiger partial charge in [0.1, 0.15) is 0 Å². The minimum atomic E-state index is -0.00940. The Labute approximate surface area is 100 Å². The maximum absolute atomic E-state index is 6.29. The monoisotopic (exact) mass is 232 g/mol. The van der Waals surface area contributed by atoms with E-state index in [1.165, 1.54) is 4.88 Å². The highest BCUT2D eigenvalue weighted by Crippen LogP contribution is 2.29. The van der Waals surface area contributed by atoms with E-state index in [2.05, 4.69) is 35.0 Å². The summed E-state index contributed by atoms with van der Waals surface area (Å²) in [7, 11) is 1.95. The van der Waals surface area contributed by atoms with Crippen molar-refractivity contribution in [2.75, 3.05) is 7.05 Å². The molecule has 16 heavy (non-hydrogen) atoms. The number of likely N-dealkylation sites (N-methyl/N-ethyl adjacent to an activating group) is 1. The van der Waals surface area contributed by atoms with Crippen LogP contribution in [0.4, 0.5) is 0 Å². The number of rotatable bonds is 4. The first-order valence-corrected chi connectivity index (χ1v) is 6.22. The number of benzene rings is 1. The summed E-state index contributed by atoms with van der Waals surface area (Å²) in [4.78, 5) is 1.28. The van der Waals surface area contributed by atoms with Crippen molar-refractivity contribution < 1.29 is 0 Å². The fraction of sp³-hybridized carbons (Fsp3) is 0.231. The van der Waals surface area contributed by atoms with Crippen molar-refractivity contribution in [3.05, 3.63) is 58.3 Å². The first-order valence-electron chi connectivity index (χ1n) is 5.34. The molecule has 0 bridgehead atoms. The van der Waals surface area contributed by atoms with Crippen LogP contribution >= 0.6 is 11.3 Å². The molecule has 0 fully saturated rings. The molecule has 3 heteroatoms. The standard InChI is InChI=1S/C13H16N2S/c1-15-13(11-8-5-9-16-11)12(14)10-6-3-2-4-7-10/h2-9,12-13,15H,14H2,1H3. The molecule has 1 aromatic heterocycles. The van der Waals surface area contributed by atoms with E-state index in [1.807, 2.05) is 25.2 Å². The molecule has 0 aliphatic heterocycles. The average Bonchev–Trinajstić information content (AvgIpc) is 2.85. The normalized spacial score (nSPS) is 14.6. The van der Waals surface area contributed by atoms with Gasteiger partial charge in [0.2, 0.25) is 0 Å². The molecule has 0 saturated heterocycles. The molecule has 0 radical (unpaired) electrons. The molecule has 1 aromatic carbocycles. The van der Waals surface area contributed by atoms with Crippen LogP contribution in [0.2, 0.25) is 0 Å². The average molecular weight is 232 g/mol. The van der Waals surface area contributed by atoms with Crippen molar-refractivity contribution in [1.29, 1.82) is 0 Å². The number of thiophene rings is 1. The topological polar surface area (TPSA) is 38.0 Å². The highest BCUT2D eigenvalue weighted by atomic mass is 32.1. The zero-order chi connectivity index (χ0) is 11.4. The van der Waals surface area contributed by atoms with Gasteiger partial charge in [-0.3, -0.25) is 0 Å². The second kappa shape index (κ2) is 5.25. The zero-order valence-electron chi connectivity index (χ0n) is 9.26. The van der Waals surface area contributed by atoms with E-state index in [0.29, 0.717) is 0 Å². The molecule has 2 unspecified atom stereocenters. The number of nitrogens with one attached hydrogen (secondary N) is 1. The smallest absolute Gasteiger partial charge is 0.0608 e. The Hall–Kier alpha value is -1.16. The van der Waals surface area contributed by atoms with Crippen LogP contribution in [-0.2, 0) is 0 Å². The lowest BCUT2D eigenvalue weighted by molar-refractivity contribution is 0.499. The van der Waals surface area contributed by atoms with Gasteiger partial charge in [0.05, 0.1) is 12.1 Å². The van der Waals surface area contributed by atoms with Crippen molar-refractivity contribution >= 4 is 11.3 Å². The third-order valence-electron chi connectivity index (χ3n) is 2.70. The van der Waals surface area contributed by atoms with Gasteiger partial charge in [0.15, 0.2) is 0 Å². The first-order chi connectivity index (χ1) is 7.83. The molecule has 2 nitrogen and oxygen atoms in total. The van der Waals surface area contributed by atoms with E-state index in [-0.39, 0.29) is 12.1 Å². The predicted octanol–water partition coefficient (Wildman–Crippen LogP) is 2.71.